The number of rotatable bonds is 4. The predicted octanol–water partition coefficient (Wildman–Crippen LogP) is 2.81. The van der Waals surface area contributed by atoms with Gasteiger partial charge in [-0.1, -0.05) is 26.0 Å². The molecule has 0 spiro atoms. The van der Waals surface area contributed by atoms with Crippen LogP contribution in [0.15, 0.2) is 12.1 Å². The highest BCUT2D eigenvalue weighted by Crippen LogP contribution is 2.25. The van der Waals surface area contributed by atoms with Crippen molar-refractivity contribution in [3.8, 4) is 5.75 Å². The maximum Gasteiger partial charge on any atom is 0.126 e. The minimum atomic E-state index is 0.497. The Labute approximate surface area is 92.6 Å². The molecule has 84 valence electrons. The van der Waals surface area contributed by atoms with E-state index in [1.165, 1.54) is 16.7 Å². The molecule has 0 fully saturated rings. The summed E-state index contributed by atoms with van der Waals surface area (Å²) in [4.78, 5) is 0. The van der Waals surface area contributed by atoms with Crippen molar-refractivity contribution in [2.75, 3.05) is 7.11 Å². The first-order valence-electron chi connectivity index (χ1n) is 5.42. The molecular formula is C13H21NO. The summed E-state index contributed by atoms with van der Waals surface area (Å²) >= 11 is 0. The van der Waals surface area contributed by atoms with Crippen LogP contribution in [0, 0.1) is 13.8 Å². The van der Waals surface area contributed by atoms with E-state index in [1.54, 1.807) is 7.11 Å². The van der Waals surface area contributed by atoms with Crippen molar-refractivity contribution in [3.63, 3.8) is 0 Å². The lowest BCUT2D eigenvalue weighted by Crippen LogP contribution is -2.22. The summed E-state index contributed by atoms with van der Waals surface area (Å²) in [5.41, 5.74) is 3.75. The van der Waals surface area contributed by atoms with E-state index >= 15 is 0 Å². The Morgan fingerprint density at radius 3 is 2.47 bits per heavy atom. The molecule has 1 aromatic rings. The van der Waals surface area contributed by atoms with Crippen LogP contribution in [-0.4, -0.2) is 13.2 Å². The lowest BCUT2D eigenvalue weighted by atomic mass is 10.0. The Balaban J connectivity index is 2.92. The second-order valence-corrected chi connectivity index (χ2v) is 4.24. The molecule has 0 saturated heterocycles. The highest BCUT2D eigenvalue weighted by molar-refractivity contribution is 5.45. The normalized spacial score (nSPS) is 10.8. The molecule has 2 heteroatoms. The topological polar surface area (TPSA) is 21.3 Å². The Kier molecular flexibility index (Phi) is 4.15. The number of ether oxygens (including phenoxy) is 1. The number of nitrogens with one attached hydrogen (secondary N) is 1. The van der Waals surface area contributed by atoms with E-state index in [-0.39, 0.29) is 0 Å². The average Bonchev–Trinajstić information content (AvgIpc) is 2.19. The van der Waals surface area contributed by atoms with Gasteiger partial charge in [-0.05, 0) is 25.0 Å². The van der Waals surface area contributed by atoms with Crippen molar-refractivity contribution >= 4 is 0 Å². The fourth-order valence-corrected chi connectivity index (χ4v) is 1.58. The van der Waals surface area contributed by atoms with E-state index in [2.05, 4.69) is 45.1 Å². The number of hydrogen-bond donors (Lipinski definition) is 1. The quantitative estimate of drug-likeness (QED) is 0.819. The van der Waals surface area contributed by atoms with Crippen LogP contribution in [0.25, 0.3) is 0 Å². The number of benzene rings is 1. The molecule has 1 N–H and O–H groups in total. The first kappa shape index (κ1) is 12.1. The van der Waals surface area contributed by atoms with Gasteiger partial charge in [0.15, 0.2) is 0 Å². The van der Waals surface area contributed by atoms with E-state index in [0.717, 1.165) is 12.3 Å². The summed E-state index contributed by atoms with van der Waals surface area (Å²) in [6.07, 6.45) is 0. The van der Waals surface area contributed by atoms with Crippen molar-refractivity contribution in [1.82, 2.24) is 5.32 Å². The average molecular weight is 207 g/mol. The van der Waals surface area contributed by atoms with Crippen LogP contribution in [0.3, 0.4) is 0 Å². The van der Waals surface area contributed by atoms with Gasteiger partial charge in [0, 0.05) is 18.2 Å². The molecule has 0 unspecified atom stereocenters. The summed E-state index contributed by atoms with van der Waals surface area (Å²) in [6, 6.07) is 4.78. The summed E-state index contributed by atoms with van der Waals surface area (Å²) in [5.74, 6) is 1.02. The summed E-state index contributed by atoms with van der Waals surface area (Å²) in [5, 5.41) is 3.40. The Hall–Kier alpha value is -1.02. The first-order valence-corrected chi connectivity index (χ1v) is 5.42. The fraction of sp³-hybridized carbons (Fsp3) is 0.538. The molecule has 0 bridgehead atoms. The van der Waals surface area contributed by atoms with Gasteiger partial charge in [-0.15, -0.1) is 0 Å². The smallest absolute Gasteiger partial charge is 0.126 e. The molecule has 0 aliphatic carbocycles. The van der Waals surface area contributed by atoms with Crippen LogP contribution in [0.4, 0.5) is 0 Å². The molecule has 2 nitrogen and oxygen atoms in total. The first-order chi connectivity index (χ1) is 7.06. The van der Waals surface area contributed by atoms with Gasteiger partial charge >= 0.3 is 0 Å². The molecule has 15 heavy (non-hydrogen) atoms. The Morgan fingerprint density at radius 1 is 1.27 bits per heavy atom. The molecule has 0 aliphatic rings. The minimum Gasteiger partial charge on any atom is -0.496 e. The molecule has 1 aromatic carbocycles. The molecule has 0 radical (unpaired) electrons. The van der Waals surface area contributed by atoms with Crippen molar-refractivity contribution in [2.45, 2.75) is 40.3 Å². The van der Waals surface area contributed by atoms with Gasteiger partial charge < -0.3 is 10.1 Å². The van der Waals surface area contributed by atoms with Crippen LogP contribution in [-0.2, 0) is 6.54 Å². The van der Waals surface area contributed by atoms with Crippen LogP contribution >= 0.6 is 0 Å². The molecular weight excluding hydrogens is 186 g/mol. The van der Waals surface area contributed by atoms with Crippen molar-refractivity contribution < 1.29 is 4.74 Å². The van der Waals surface area contributed by atoms with Gasteiger partial charge in [0.05, 0.1) is 7.11 Å². The molecule has 1 rings (SSSR count). The van der Waals surface area contributed by atoms with Gasteiger partial charge in [-0.3, -0.25) is 0 Å². The van der Waals surface area contributed by atoms with Gasteiger partial charge in [-0.25, -0.2) is 0 Å². The highest BCUT2D eigenvalue weighted by atomic mass is 16.5. The third kappa shape index (κ3) is 2.96. The van der Waals surface area contributed by atoms with Crippen LogP contribution < -0.4 is 10.1 Å². The van der Waals surface area contributed by atoms with E-state index in [1.807, 2.05) is 0 Å². The number of hydrogen-bond acceptors (Lipinski definition) is 2. The van der Waals surface area contributed by atoms with Gasteiger partial charge in [0.1, 0.15) is 5.75 Å². The third-order valence-electron chi connectivity index (χ3n) is 2.66. The van der Waals surface area contributed by atoms with Gasteiger partial charge in [-0.2, -0.15) is 0 Å². The number of aryl methyl sites for hydroxylation is 1. The molecule has 0 saturated carbocycles. The second-order valence-electron chi connectivity index (χ2n) is 4.24. The van der Waals surface area contributed by atoms with Gasteiger partial charge in [0.25, 0.3) is 0 Å². The predicted molar refractivity (Wildman–Crippen MR) is 64.4 cm³/mol. The van der Waals surface area contributed by atoms with Crippen LogP contribution in [0.5, 0.6) is 5.75 Å². The van der Waals surface area contributed by atoms with Crippen molar-refractivity contribution in [1.29, 1.82) is 0 Å². The highest BCUT2D eigenvalue weighted by Gasteiger charge is 2.08. The minimum absolute atomic E-state index is 0.497. The largest absolute Gasteiger partial charge is 0.496 e. The molecule has 0 aliphatic heterocycles. The van der Waals surface area contributed by atoms with Crippen LogP contribution in [0.1, 0.15) is 30.5 Å². The van der Waals surface area contributed by atoms with Crippen molar-refractivity contribution in [2.24, 2.45) is 0 Å². The standard InChI is InChI=1S/C13H21NO/c1-9(2)14-8-12-7-6-10(3)11(4)13(12)15-5/h6-7,9,14H,8H2,1-5H3. The zero-order chi connectivity index (χ0) is 11.4. The second kappa shape index (κ2) is 5.17. The lowest BCUT2D eigenvalue weighted by Gasteiger charge is -2.15. The fourth-order valence-electron chi connectivity index (χ4n) is 1.58. The maximum absolute atomic E-state index is 5.45. The zero-order valence-electron chi connectivity index (χ0n) is 10.3. The van der Waals surface area contributed by atoms with Crippen molar-refractivity contribution in [3.05, 3.63) is 28.8 Å². The third-order valence-corrected chi connectivity index (χ3v) is 2.66. The molecule has 0 aromatic heterocycles. The summed E-state index contributed by atoms with van der Waals surface area (Å²) in [6.45, 7) is 9.37. The van der Waals surface area contributed by atoms with E-state index in [9.17, 15) is 0 Å². The van der Waals surface area contributed by atoms with Gasteiger partial charge in [0.2, 0.25) is 0 Å². The summed E-state index contributed by atoms with van der Waals surface area (Å²) < 4.78 is 5.45. The van der Waals surface area contributed by atoms with E-state index in [4.69, 9.17) is 4.74 Å². The molecule has 0 heterocycles. The monoisotopic (exact) mass is 207 g/mol. The molecule has 0 atom stereocenters. The zero-order valence-corrected chi connectivity index (χ0v) is 10.3. The van der Waals surface area contributed by atoms with E-state index in [0.29, 0.717) is 6.04 Å². The lowest BCUT2D eigenvalue weighted by molar-refractivity contribution is 0.403. The Bertz CT molecular complexity index is 332. The Morgan fingerprint density at radius 2 is 1.93 bits per heavy atom. The van der Waals surface area contributed by atoms with E-state index < -0.39 is 0 Å². The maximum atomic E-state index is 5.45. The van der Waals surface area contributed by atoms with Crippen LogP contribution in [0.2, 0.25) is 0 Å². The number of methoxy groups -OCH3 is 1. The summed E-state index contributed by atoms with van der Waals surface area (Å²) in [7, 11) is 1.74. The SMILES string of the molecule is COc1c(CNC(C)C)ccc(C)c1C. The molecule has 0 amide bonds.